The van der Waals surface area contributed by atoms with E-state index in [-0.39, 0.29) is 0 Å². The molecule has 0 radical (unpaired) electrons. The van der Waals surface area contributed by atoms with Crippen molar-refractivity contribution < 1.29 is 9.15 Å². The Morgan fingerprint density at radius 3 is 2.48 bits per heavy atom. The van der Waals surface area contributed by atoms with Crippen molar-refractivity contribution in [1.29, 1.82) is 0 Å². The van der Waals surface area contributed by atoms with E-state index in [1.165, 1.54) is 25.7 Å². The van der Waals surface area contributed by atoms with Crippen LogP contribution < -0.4 is 10.1 Å². The summed E-state index contributed by atoms with van der Waals surface area (Å²) in [7, 11) is 0. The average molecular weight is 415 g/mol. The topological polar surface area (TPSA) is 34.4 Å². The zero-order chi connectivity index (χ0) is 14.7. The van der Waals surface area contributed by atoms with Gasteiger partial charge in [0.25, 0.3) is 0 Å². The molecule has 1 aliphatic rings. The Hall–Kier alpha value is -0.940. The number of hydrogen-bond acceptors (Lipinski definition) is 3. The van der Waals surface area contributed by atoms with Gasteiger partial charge in [-0.3, -0.25) is 0 Å². The van der Waals surface area contributed by atoms with Crippen LogP contribution in [0, 0.1) is 0 Å². The van der Waals surface area contributed by atoms with E-state index in [1.807, 2.05) is 30.3 Å². The molecule has 1 heterocycles. The van der Waals surface area contributed by atoms with Gasteiger partial charge in [0.05, 0.1) is 17.1 Å². The van der Waals surface area contributed by atoms with E-state index >= 15 is 0 Å². The van der Waals surface area contributed by atoms with Gasteiger partial charge in [-0.05, 0) is 87.9 Å². The lowest BCUT2D eigenvalue weighted by Crippen LogP contribution is -2.10. The highest BCUT2D eigenvalue weighted by molar-refractivity contribution is 9.13. The minimum absolute atomic E-state index is 0.404. The average Bonchev–Trinajstić information content (AvgIpc) is 3.09. The third kappa shape index (κ3) is 4.04. The number of furan rings is 1. The van der Waals surface area contributed by atoms with Gasteiger partial charge in [0.15, 0.2) is 4.67 Å². The van der Waals surface area contributed by atoms with Gasteiger partial charge in [0.2, 0.25) is 0 Å². The SMILES string of the molecule is Brc1cc(CNc2ccc(OC3CCCC3)cc2)oc1Br. The predicted octanol–water partition coefficient (Wildman–Crippen LogP) is 5.74. The van der Waals surface area contributed by atoms with Crippen LogP contribution in [0.4, 0.5) is 5.69 Å². The Bertz CT molecular complexity index is 569. The molecule has 0 unspecified atom stereocenters. The molecule has 0 saturated heterocycles. The Morgan fingerprint density at radius 1 is 1.14 bits per heavy atom. The zero-order valence-corrected chi connectivity index (χ0v) is 14.7. The van der Waals surface area contributed by atoms with Crippen LogP contribution in [0.25, 0.3) is 0 Å². The molecule has 1 N–H and O–H groups in total. The molecule has 1 saturated carbocycles. The summed E-state index contributed by atoms with van der Waals surface area (Å²) < 4.78 is 13.1. The third-order valence-electron chi connectivity index (χ3n) is 3.62. The van der Waals surface area contributed by atoms with Gasteiger partial charge >= 0.3 is 0 Å². The highest BCUT2D eigenvalue weighted by atomic mass is 79.9. The van der Waals surface area contributed by atoms with E-state index < -0.39 is 0 Å². The second-order valence-corrected chi connectivity index (χ2v) is 6.81. The lowest BCUT2D eigenvalue weighted by Gasteiger charge is -2.13. The van der Waals surface area contributed by atoms with Crippen molar-refractivity contribution in [2.24, 2.45) is 0 Å². The Balaban J connectivity index is 1.54. The fourth-order valence-electron chi connectivity index (χ4n) is 2.52. The van der Waals surface area contributed by atoms with Gasteiger partial charge in [-0.25, -0.2) is 0 Å². The maximum absolute atomic E-state index is 5.95. The molecule has 0 spiro atoms. The van der Waals surface area contributed by atoms with E-state index in [0.29, 0.717) is 12.6 Å². The lowest BCUT2D eigenvalue weighted by molar-refractivity contribution is 0.210. The first-order chi connectivity index (χ1) is 10.2. The number of halogens is 2. The molecule has 5 heteroatoms. The minimum Gasteiger partial charge on any atom is -0.490 e. The molecule has 3 nitrogen and oxygen atoms in total. The van der Waals surface area contributed by atoms with Crippen LogP contribution in [0.2, 0.25) is 0 Å². The maximum atomic E-state index is 5.95. The molecule has 0 amide bonds. The molecule has 1 aliphatic carbocycles. The number of benzene rings is 1. The second kappa shape index (κ2) is 6.88. The van der Waals surface area contributed by atoms with Crippen LogP contribution >= 0.6 is 31.9 Å². The third-order valence-corrected chi connectivity index (χ3v) is 5.33. The molecule has 2 aromatic rings. The summed E-state index contributed by atoms with van der Waals surface area (Å²) in [5, 5.41) is 3.33. The van der Waals surface area contributed by atoms with Crippen LogP contribution in [0.5, 0.6) is 5.75 Å². The molecule has 1 fully saturated rings. The van der Waals surface area contributed by atoms with Crippen molar-refractivity contribution >= 4 is 37.5 Å². The molecule has 112 valence electrons. The molecule has 3 rings (SSSR count). The first-order valence-electron chi connectivity index (χ1n) is 7.15. The lowest BCUT2D eigenvalue weighted by atomic mass is 10.2. The zero-order valence-electron chi connectivity index (χ0n) is 11.6. The van der Waals surface area contributed by atoms with E-state index in [1.54, 1.807) is 0 Å². The number of nitrogens with one attached hydrogen (secondary N) is 1. The van der Waals surface area contributed by atoms with Gasteiger partial charge in [-0.15, -0.1) is 0 Å². The van der Waals surface area contributed by atoms with Crippen molar-refractivity contribution in [3.63, 3.8) is 0 Å². The van der Waals surface area contributed by atoms with E-state index in [4.69, 9.17) is 9.15 Å². The fourth-order valence-corrected chi connectivity index (χ4v) is 3.18. The van der Waals surface area contributed by atoms with Crippen LogP contribution in [-0.4, -0.2) is 6.10 Å². The molecule has 21 heavy (non-hydrogen) atoms. The smallest absolute Gasteiger partial charge is 0.183 e. The Morgan fingerprint density at radius 2 is 1.86 bits per heavy atom. The van der Waals surface area contributed by atoms with Crippen molar-refractivity contribution in [2.45, 2.75) is 38.3 Å². The second-order valence-electron chi connectivity index (χ2n) is 5.24. The monoisotopic (exact) mass is 413 g/mol. The first-order valence-corrected chi connectivity index (χ1v) is 8.73. The highest BCUT2D eigenvalue weighted by Gasteiger charge is 2.16. The number of ether oxygens (including phenoxy) is 1. The standard InChI is InChI=1S/C16H17Br2NO2/c17-15-9-14(21-16(15)18)10-19-11-5-7-13(8-6-11)20-12-3-1-2-4-12/h5-9,12,19H,1-4,10H2. The molecular formula is C16H17Br2NO2. The summed E-state index contributed by atoms with van der Waals surface area (Å²) in [6.45, 7) is 0.646. The van der Waals surface area contributed by atoms with Crippen molar-refractivity contribution in [3.8, 4) is 5.75 Å². The number of anilines is 1. The summed E-state index contributed by atoms with van der Waals surface area (Å²) in [5.74, 6) is 1.83. The Kier molecular flexibility index (Phi) is 4.91. The van der Waals surface area contributed by atoms with Crippen molar-refractivity contribution in [2.75, 3.05) is 5.32 Å². The van der Waals surface area contributed by atoms with Crippen LogP contribution in [-0.2, 0) is 6.54 Å². The van der Waals surface area contributed by atoms with E-state index in [0.717, 1.165) is 26.3 Å². The van der Waals surface area contributed by atoms with Crippen LogP contribution in [0.3, 0.4) is 0 Å². The van der Waals surface area contributed by atoms with Crippen LogP contribution in [0.15, 0.2) is 43.9 Å². The molecule has 0 bridgehead atoms. The summed E-state index contributed by atoms with van der Waals surface area (Å²) >= 11 is 6.74. The van der Waals surface area contributed by atoms with Crippen molar-refractivity contribution in [1.82, 2.24) is 0 Å². The van der Waals surface area contributed by atoms with Gasteiger partial charge in [-0.1, -0.05) is 0 Å². The normalized spacial score (nSPS) is 15.3. The van der Waals surface area contributed by atoms with E-state index in [9.17, 15) is 0 Å². The molecule has 0 atom stereocenters. The predicted molar refractivity (Wildman–Crippen MR) is 90.8 cm³/mol. The van der Waals surface area contributed by atoms with E-state index in [2.05, 4.69) is 37.2 Å². The van der Waals surface area contributed by atoms with Gasteiger partial charge in [-0.2, -0.15) is 0 Å². The number of hydrogen-bond donors (Lipinski definition) is 1. The summed E-state index contributed by atoms with van der Waals surface area (Å²) in [6, 6.07) is 10.1. The largest absolute Gasteiger partial charge is 0.490 e. The summed E-state index contributed by atoms with van der Waals surface area (Å²) in [4.78, 5) is 0. The summed E-state index contributed by atoms with van der Waals surface area (Å²) in [6.07, 6.45) is 5.35. The first kappa shape index (κ1) is 15.0. The van der Waals surface area contributed by atoms with Gasteiger partial charge in [0, 0.05) is 5.69 Å². The van der Waals surface area contributed by atoms with Crippen LogP contribution in [0.1, 0.15) is 31.4 Å². The number of rotatable bonds is 5. The van der Waals surface area contributed by atoms with Gasteiger partial charge in [0.1, 0.15) is 11.5 Å². The van der Waals surface area contributed by atoms with Gasteiger partial charge < -0.3 is 14.5 Å². The molecule has 0 aliphatic heterocycles. The molecular weight excluding hydrogens is 398 g/mol. The molecule has 1 aromatic heterocycles. The minimum atomic E-state index is 0.404. The highest BCUT2D eigenvalue weighted by Crippen LogP contribution is 2.28. The fraction of sp³-hybridized carbons (Fsp3) is 0.375. The molecule has 1 aromatic carbocycles. The summed E-state index contributed by atoms with van der Waals surface area (Å²) in [5.41, 5.74) is 1.05. The van der Waals surface area contributed by atoms with Crippen molar-refractivity contribution in [3.05, 3.63) is 45.2 Å². The maximum Gasteiger partial charge on any atom is 0.183 e. The Labute approximate surface area is 141 Å². The quantitative estimate of drug-likeness (QED) is 0.677.